The molecule has 1 aromatic carbocycles. The molecule has 6 nitrogen and oxygen atoms in total. The first-order chi connectivity index (χ1) is 10.5. The summed E-state index contributed by atoms with van der Waals surface area (Å²) in [5.74, 6) is -1.33. The molecule has 0 aliphatic carbocycles. The first-order valence-electron chi connectivity index (χ1n) is 6.98. The van der Waals surface area contributed by atoms with Crippen LogP contribution >= 0.6 is 11.6 Å². The number of carbonyl (C=O) groups is 1. The van der Waals surface area contributed by atoms with E-state index < -0.39 is 5.97 Å². The van der Waals surface area contributed by atoms with Crippen LogP contribution in [0.15, 0.2) is 28.8 Å². The highest BCUT2D eigenvalue weighted by Crippen LogP contribution is 2.31. The molecular formula is C15H16ClN3O3. The third kappa shape index (κ3) is 2.93. The highest BCUT2D eigenvalue weighted by Gasteiger charge is 2.18. The van der Waals surface area contributed by atoms with Gasteiger partial charge in [0, 0.05) is 37.8 Å². The van der Waals surface area contributed by atoms with Gasteiger partial charge in [-0.15, -0.1) is 0 Å². The first kappa shape index (κ1) is 14.9. The molecule has 22 heavy (non-hydrogen) atoms. The third-order valence-corrected chi connectivity index (χ3v) is 4.11. The molecule has 1 aliphatic rings. The number of benzene rings is 1. The van der Waals surface area contributed by atoms with Crippen LogP contribution in [-0.2, 0) is 0 Å². The van der Waals surface area contributed by atoms with Crippen LogP contribution in [0, 0.1) is 0 Å². The fraction of sp³-hybridized carbons (Fsp3) is 0.333. The number of rotatable bonds is 3. The highest BCUT2D eigenvalue weighted by molar-refractivity contribution is 6.33. The highest BCUT2D eigenvalue weighted by atomic mass is 35.5. The van der Waals surface area contributed by atoms with Gasteiger partial charge in [-0.05, 0) is 19.2 Å². The van der Waals surface area contributed by atoms with Gasteiger partial charge in [-0.3, -0.25) is 0 Å². The maximum absolute atomic E-state index is 10.8. The molecule has 116 valence electrons. The van der Waals surface area contributed by atoms with Gasteiger partial charge in [0.2, 0.25) is 5.76 Å². The zero-order chi connectivity index (χ0) is 15.7. The Balaban J connectivity index is 1.83. The second-order valence-electron chi connectivity index (χ2n) is 5.34. The van der Waals surface area contributed by atoms with E-state index in [1.165, 1.54) is 6.07 Å². The molecule has 0 unspecified atom stereocenters. The Labute approximate surface area is 132 Å². The minimum atomic E-state index is -1.14. The summed E-state index contributed by atoms with van der Waals surface area (Å²) >= 11 is 6.39. The summed E-state index contributed by atoms with van der Waals surface area (Å²) < 4.78 is 4.77. The molecule has 1 aromatic heterocycles. The summed E-state index contributed by atoms with van der Waals surface area (Å²) in [7, 11) is 2.10. The molecular weight excluding hydrogens is 306 g/mol. The van der Waals surface area contributed by atoms with Crippen LogP contribution in [0.4, 0.5) is 5.69 Å². The van der Waals surface area contributed by atoms with E-state index in [2.05, 4.69) is 22.0 Å². The Kier molecular flexibility index (Phi) is 4.04. The molecule has 0 radical (unpaired) electrons. The van der Waals surface area contributed by atoms with Gasteiger partial charge >= 0.3 is 5.97 Å². The summed E-state index contributed by atoms with van der Waals surface area (Å²) in [6.07, 6.45) is 0. The molecule has 0 bridgehead atoms. The number of likely N-dealkylation sites (N-methyl/N-ethyl adjacent to an activating group) is 1. The number of halogens is 1. The fourth-order valence-corrected chi connectivity index (χ4v) is 2.78. The van der Waals surface area contributed by atoms with Crippen LogP contribution in [0.2, 0.25) is 5.02 Å². The smallest absolute Gasteiger partial charge is 0.374 e. The third-order valence-electron chi connectivity index (χ3n) is 3.81. The fourth-order valence-electron chi connectivity index (χ4n) is 2.48. The van der Waals surface area contributed by atoms with Crippen molar-refractivity contribution in [1.29, 1.82) is 0 Å². The van der Waals surface area contributed by atoms with Crippen LogP contribution in [0.3, 0.4) is 0 Å². The Hall–Kier alpha value is -2.05. The molecule has 0 spiro atoms. The number of hydrogen-bond donors (Lipinski definition) is 1. The van der Waals surface area contributed by atoms with Gasteiger partial charge in [-0.2, -0.15) is 0 Å². The molecule has 7 heteroatoms. The van der Waals surface area contributed by atoms with Crippen LogP contribution in [0.25, 0.3) is 11.3 Å². The lowest BCUT2D eigenvalue weighted by atomic mass is 10.1. The molecule has 0 saturated carbocycles. The lowest BCUT2D eigenvalue weighted by Crippen LogP contribution is -2.44. The van der Waals surface area contributed by atoms with E-state index in [1.54, 1.807) is 6.07 Å². The summed E-state index contributed by atoms with van der Waals surface area (Å²) in [5, 5.41) is 13.3. The second-order valence-corrected chi connectivity index (χ2v) is 5.75. The van der Waals surface area contributed by atoms with Crippen molar-refractivity contribution < 1.29 is 14.4 Å². The molecule has 1 aliphatic heterocycles. The minimum Gasteiger partial charge on any atom is -0.475 e. The van der Waals surface area contributed by atoms with E-state index in [0.717, 1.165) is 37.4 Å². The SMILES string of the molecule is CN1CCN(c2ccc(-c3cc(C(=O)O)on3)cc2Cl)CC1. The Morgan fingerprint density at radius 2 is 2.00 bits per heavy atom. The topological polar surface area (TPSA) is 69.8 Å². The Bertz CT molecular complexity index is 693. The van der Waals surface area contributed by atoms with Gasteiger partial charge in [-0.1, -0.05) is 22.8 Å². The maximum atomic E-state index is 10.8. The summed E-state index contributed by atoms with van der Waals surface area (Å²) in [6, 6.07) is 7.00. The average Bonchev–Trinajstić information content (AvgIpc) is 2.98. The van der Waals surface area contributed by atoms with Crippen molar-refractivity contribution in [2.75, 3.05) is 38.1 Å². The molecule has 3 rings (SSSR count). The lowest BCUT2D eigenvalue weighted by molar-refractivity contribution is 0.0652. The summed E-state index contributed by atoms with van der Waals surface area (Å²) in [5.41, 5.74) is 2.18. The van der Waals surface area contributed by atoms with Crippen LogP contribution in [0.1, 0.15) is 10.6 Å². The molecule has 1 saturated heterocycles. The molecule has 0 amide bonds. The molecule has 2 heterocycles. The molecule has 1 fully saturated rings. The van der Waals surface area contributed by atoms with Crippen molar-refractivity contribution in [1.82, 2.24) is 10.1 Å². The zero-order valence-electron chi connectivity index (χ0n) is 12.1. The van der Waals surface area contributed by atoms with Crippen molar-refractivity contribution in [3.05, 3.63) is 35.0 Å². The molecule has 2 aromatic rings. The van der Waals surface area contributed by atoms with Crippen LogP contribution in [-0.4, -0.2) is 54.4 Å². The number of carboxylic acids is 1. The standard InChI is InChI=1S/C15H16ClN3O3/c1-18-4-6-19(7-5-18)13-3-2-10(8-11(13)16)12-9-14(15(20)21)22-17-12/h2-3,8-9H,4-7H2,1H3,(H,20,21). The predicted octanol–water partition coefficient (Wildman–Crippen LogP) is 2.45. The normalized spacial score (nSPS) is 16.0. The van der Waals surface area contributed by atoms with E-state index in [-0.39, 0.29) is 5.76 Å². The van der Waals surface area contributed by atoms with Crippen LogP contribution in [0.5, 0.6) is 0 Å². The predicted molar refractivity (Wildman–Crippen MR) is 83.6 cm³/mol. The van der Waals surface area contributed by atoms with Crippen molar-refractivity contribution in [3.8, 4) is 11.3 Å². The summed E-state index contributed by atoms with van der Waals surface area (Å²) in [6.45, 7) is 3.87. The number of aromatic carboxylic acids is 1. The zero-order valence-corrected chi connectivity index (χ0v) is 12.9. The molecule has 1 N–H and O–H groups in total. The lowest BCUT2D eigenvalue weighted by Gasteiger charge is -2.34. The van der Waals surface area contributed by atoms with Crippen molar-refractivity contribution >= 4 is 23.3 Å². The van der Waals surface area contributed by atoms with Crippen molar-refractivity contribution in [2.45, 2.75) is 0 Å². The van der Waals surface area contributed by atoms with E-state index >= 15 is 0 Å². The first-order valence-corrected chi connectivity index (χ1v) is 7.36. The van der Waals surface area contributed by atoms with Gasteiger partial charge in [0.15, 0.2) is 0 Å². The number of aromatic nitrogens is 1. The van der Waals surface area contributed by atoms with Gasteiger partial charge < -0.3 is 19.4 Å². The minimum absolute atomic E-state index is 0.186. The Morgan fingerprint density at radius 1 is 1.27 bits per heavy atom. The number of carboxylic acid groups (broad SMARTS) is 1. The number of nitrogens with zero attached hydrogens (tertiary/aromatic N) is 3. The van der Waals surface area contributed by atoms with Gasteiger partial charge in [0.05, 0.1) is 10.7 Å². The van der Waals surface area contributed by atoms with Crippen LogP contribution < -0.4 is 4.90 Å². The number of anilines is 1. The van der Waals surface area contributed by atoms with E-state index in [4.69, 9.17) is 21.2 Å². The monoisotopic (exact) mass is 321 g/mol. The summed E-state index contributed by atoms with van der Waals surface area (Å²) in [4.78, 5) is 15.4. The van der Waals surface area contributed by atoms with Crippen molar-refractivity contribution in [2.24, 2.45) is 0 Å². The second kappa shape index (κ2) is 5.98. The molecule has 0 atom stereocenters. The van der Waals surface area contributed by atoms with E-state index in [0.29, 0.717) is 10.7 Å². The van der Waals surface area contributed by atoms with Crippen molar-refractivity contribution in [3.63, 3.8) is 0 Å². The quantitative estimate of drug-likeness (QED) is 0.936. The van der Waals surface area contributed by atoms with E-state index in [1.807, 2.05) is 12.1 Å². The Morgan fingerprint density at radius 3 is 2.59 bits per heavy atom. The maximum Gasteiger partial charge on any atom is 0.374 e. The number of hydrogen-bond acceptors (Lipinski definition) is 5. The van der Waals surface area contributed by atoms with Gasteiger partial charge in [0.1, 0.15) is 5.69 Å². The largest absolute Gasteiger partial charge is 0.475 e. The number of piperazine rings is 1. The van der Waals surface area contributed by atoms with Gasteiger partial charge in [-0.25, -0.2) is 4.79 Å². The average molecular weight is 322 g/mol. The van der Waals surface area contributed by atoms with Gasteiger partial charge in [0.25, 0.3) is 0 Å². The van der Waals surface area contributed by atoms with E-state index in [9.17, 15) is 4.79 Å².